The van der Waals surface area contributed by atoms with Crippen molar-refractivity contribution in [3.63, 3.8) is 0 Å². The van der Waals surface area contributed by atoms with E-state index in [4.69, 9.17) is 0 Å². The number of rotatable bonds is 2. The van der Waals surface area contributed by atoms with Gasteiger partial charge in [0.2, 0.25) is 0 Å². The van der Waals surface area contributed by atoms with E-state index in [-0.39, 0.29) is 0 Å². The molecular weight excluding hydrogens is 216 g/mol. The molecule has 3 heteroatoms. The van der Waals surface area contributed by atoms with Crippen LogP contribution in [0.5, 0.6) is 0 Å². The summed E-state index contributed by atoms with van der Waals surface area (Å²) in [7, 11) is 0. The van der Waals surface area contributed by atoms with Crippen LogP contribution in [-0.2, 0) is 10.9 Å². The van der Waals surface area contributed by atoms with Crippen LogP contribution in [0.3, 0.4) is 0 Å². The average molecular weight is 229 g/mol. The largest absolute Gasteiger partial charge is 0.331 e. The maximum absolute atomic E-state index is 4.30. The molecular formula is C9H13BrN2. The predicted molar refractivity (Wildman–Crippen MR) is 52.4 cm³/mol. The molecule has 0 aromatic carbocycles. The summed E-state index contributed by atoms with van der Waals surface area (Å²) in [5.41, 5.74) is 1.50. The Bertz CT molecular complexity index is 276. The molecule has 1 aliphatic carbocycles. The van der Waals surface area contributed by atoms with Crippen LogP contribution in [0.4, 0.5) is 0 Å². The zero-order chi connectivity index (χ0) is 8.60. The Hall–Kier alpha value is -0.310. The minimum atomic E-state index is 0.368. The maximum Gasteiger partial charge on any atom is 0.0954 e. The van der Waals surface area contributed by atoms with Gasteiger partial charge in [0.25, 0.3) is 0 Å². The van der Waals surface area contributed by atoms with Gasteiger partial charge in [-0.05, 0) is 26.2 Å². The SMILES string of the molecule is CC1(n2cnc(CBr)c2)CCC1. The summed E-state index contributed by atoms with van der Waals surface area (Å²) in [6, 6.07) is 0. The molecule has 0 spiro atoms. The van der Waals surface area contributed by atoms with Crippen molar-refractivity contribution in [1.82, 2.24) is 9.55 Å². The van der Waals surface area contributed by atoms with E-state index >= 15 is 0 Å². The Kier molecular flexibility index (Phi) is 1.99. The lowest BCUT2D eigenvalue weighted by molar-refractivity contribution is 0.168. The molecule has 1 aromatic heterocycles. The molecule has 0 unspecified atom stereocenters. The van der Waals surface area contributed by atoms with Gasteiger partial charge in [-0.25, -0.2) is 4.98 Å². The second-order valence-corrected chi connectivity index (χ2v) is 4.32. The predicted octanol–water partition coefficient (Wildman–Crippen LogP) is 2.68. The highest BCUT2D eigenvalue weighted by molar-refractivity contribution is 9.08. The zero-order valence-corrected chi connectivity index (χ0v) is 8.84. The van der Waals surface area contributed by atoms with Crippen LogP contribution < -0.4 is 0 Å². The fourth-order valence-electron chi connectivity index (χ4n) is 1.67. The normalized spacial score (nSPS) is 20.5. The number of halogens is 1. The molecule has 1 heterocycles. The van der Waals surface area contributed by atoms with Gasteiger partial charge in [0, 0.05) is 17.1 Å². The fourth-order valence-corrected chi connectivity index (χ4v) is 1.96. The van der Waals surface area contributed by atoms with Crippen molar-refractivity contribution < 1.29 is 0 Å². The second kappa shape index (κ2) is 2.87. The highest BCUT2D eigenvalue weighted by atomic mass is 79.9. The van der Waals surface area contributed by atoms with Gasteiger partial charge in [-0.15, -0.1) is 0 Å². The van der Waals surface area contributed by atoms with E-state index in [1.807, 2.05) is 6.33 Å². The van der Waals surface area contributed by atoms with Crippen molar-refractivity contribution >= 4 is 15.9 Å². The molecule has 0 saturated heterocycles. The molecule has 1 fully saturated rings. The molecule has 12 heavy (non-hydrogen) atoms. The molecule has 1 aliphatic rings. The smallest absolute Gasteiger partial charge is 0.0954 e. The van der Waals surface area contributed by atoms with E-state index in [9.17, 15) is 0 Å². The van der Waals surface area contributed by atoms with Crippen molar-refractivity contribution in [2.45, 2.75) is 37.1 Å². The zero-order valence-electron chi connectivity index (χ0n) is 7.26. The number of hydrogen-bond acceptors (Lipinski definition) is 1. The fraction of sp³-hybridized carbons (Fsp3) is 0.667. The molecule has 0 aliphatic heterocycles. The van der Waals surface area contributed by atoms with Gasteiger partial charge in [-0.1, -0.05) is 15.9 Å². The number of nitrogens with zero attached hydrogens (tertiary/aromatic N) is 2. The van der Waals surface area contributed by atoms with Crippen LogP contribution >= 0.6 is 15.9 Å². The van der Waals surface area contributed by atoms with E-state index in [0.29, 0.717) is 5.54 Å². The highest BCUT2D eigenvalue weighted by Gasteiger charge is 2.33. The minimum Gasteiger partial charge on any atom is -0.331 e. The van der Waals surface area contributed by atoms with Crippen molar-refractivity contribution in [2.75, 3.05) is 0 Å². The lowest BCUT2D eigenvalue weighted by atomic mass is 9.78. The average Bonchev–Trinajstić information content (AvgIpc) is 2.48. The third-order valence-corrected chi connectivity index (χ3v) is 3.40. The van der Waals surface area contributed by atoms with E-state index in [0.717, 1.165) is 11.0 Å². The molecule has 0 amide bonds. The second-order valence-electron chi connectivity index (χ2n) is 3.76. The molecule has 2 rings (SSSR count). The van der Waals surface area contributed by atoms with Gasteiger partial charge in [-0.2, -0.15) is 0 Å². The van der Waals surface area contributed by atoms with Crippen LogP contribution in [0.1, 0.15) is 31.9 Å². The molecule has 66 valence electrons. The van der Waals surface area contributed by atoms with E-state index < -0.39 is 0 Å². The van der Waals surface area contributed by atoms with E-state index in [1.54, 1.807) is 0 Å². The highest BCUT2D eigenvalue weighted by Crippen LogP contribution is 2.38. The van der Waals surface area contributed by atoms with Crippen LogP contribution in [0.2, 0.25) is 0 Å². The number of alkyl halides is 1. The van der Waals surface area contributed by atoms with Crippen LogP contribution in [0.25, 0.3) is 0 Å². The Morgan fingerprint density at radius 1 is 1.67 bits per heavy atom. The minimum absolute atomic E-state index is 0.368. The molecule has 0 bridgehead atoms. The maximum atomic E-state index is 4.30. The van der Waals surface area contributed by atoms with Gasteiger partial charge < -0.3 is 4.57 Å². The van der Waals surface area contributed by atoms with E-state index in [2.05, 4.69) is 38.6 Å². The Morgan fingerprint density at radius 2 is 2.42 bits per heavy atom. The Morgan fingerprint density at radius 3 is 2.83 bits per heavy atom. The monoisotopic (exact) mass is 228 g/mol. The lowest BCUT2D eigenvalue weighted by Crippen LogP contribution is -2.36. The first-order valence-electron chi connectivity index (χ1n) is 4.34. The number of imidazole rings is 1. The molecule has 1 aromatic rings. The first-order chi connectivity index (χ1) is 5.74. The first-order valence-corrected chi connectivity index (χ1v) is 5.46. The summed E-state index contributed by atoms with van der Waals surface area (Å²) in [6.07, 6.45) is 8.05. The van der Waals surface area contributed by atoms with Crippen LogP contribution in [0.15, 0.2) is 12.5 Å². The summed E-state index contributed by atoms with van der Waals surface area (Å²) >= 11 is 3.40. The van der Waals surface area contributed by atoms with Crippen LogP contribution in [0, 0.1) is 0 Å². The molecule has 1 saturated carbocycles. The third-order valence-electron chi connectivity index (χ3n) is 2.83. The quantitative estimate of drug-likeness (QED) is 0.713. The number of aromatic nitrogens is 2. The third kappa shape index (κ3) is 1.20. The molecule has 2 nitrogen and oxygen atoms in total. The summed E-state index contributed by atoms with van der Waals surface area (Å²) in [4.78, 5) is 4.30. The van der Waals surface area contributed by atoms with Crippen LogP contribution in [-0.4, -0.2) is 9.55 Å². The summed E-state index contributed by atoms with van der Waals surface area (Å²) in [6.45, 7) is 2.30. The van der Waals surface area contributed by atoms with Gasteiger partial charge in [-0.3, -0.25) is 0 Å². The number of hydrogen-bond donors (Lipinski definition) is 0. The standard InChI is InChI=1S/C9H13BrN2/c1-9(3-2-4-9)12-6-8(5-10)11-7-12/h6-7H,2-5H2,1H3. The Labute approximate surface area is 81.1 Å². The molecule has 0 radical (unpaired) electrons. The molecule has 0 N–H and O–H groups in total. The molecule has 0 atom stereocenters. The topological polar surface area (TPSA) is 17.8 Å². The van der Waals surface area contributed by atoms with Crippen molar-refractivity contribution in [1.29, 1.82) is 0 Å². The van der Waals surface area contributed by atoms with Crippen molar-refractivity contribution in [3.8, 4) is 0 Å². The van der Waals surface area contributed by atoms with Gasteiger partial charge in [0.1, 0.15) is 0 Å². The van der Waals surface area contributed by atoms with Gasteiger partial charge in [0.15, 0.2) is 0 Å². The summed E-state index contributed by atoms with van der Waals surface area (Å²) in [5, 5.41) is 0.857. The van der Waals surface area contributed by atoms with Crippen molar-refractivity contribution in [2.24, 2.45) is 0 Å². The van der Waals surface area contributed by atoms with Gasteiger partial charge in [0.05, 0.1) is 12.0 Å². The lowest BCUT2D eigenvalue weighted by Gasteiger charge is -2.39. The summed E-state index contributed by atoms with van der Waals surface area (Å²) < 4.78 is 2.26. The van der Waals surface area contributed by atoms with Crippen molar-refractivity contribution in [3.05, 3.63) is 18.2 Å². The Balaban J connectivity index is 2.22. The van der Waals surface area contributed by atoms with Gasteiger partial charge >= 0.3 is 0 Å². The van der Waals surface area contributed by atoms with E-state index in [1.165, 1.54) is 19.3 Å². The first kappa shape index (κ1) is 8.30. The summed E-state index contributed by atoms with van der Waals surface area (Å²) in [5.74, 6) is 0.